The van der Waals surface area contributed by atoms with Crippen LogP contribution in [0, 0.1) is 0 Å². The van der Waals surface area contributed by atoms with Gasteiger partial charge in [-0.3, -0.25) is 9.13 Å². The Hall–Kier alpha value is 0.734. The zero-order valence-corrected chi connectivity index (χ0v) is 28.0. The molecule has 0 aromatic carbocycles. The molecule has 34 heavy (non-hydrogen) atoms. The van der Waals surface area contributed by atoms with Gasteiger partial charge in [0, 0.05) is 26.5 Å². The second-order valence-electron chi connectivity index (χ2n) is 11.0. The summed E-state index contributed by atoms with van der Waals surface area (Å²) in [5, 5.41) is 0. The van der Waals surface area contributed by atoms with Crippen molar-refractivity contribution in [1.82, 2.24) is 0 Å². The quantitative estimate of drug-likeness (QED) is 0.0838. The largest absolute Gasteiger partial charge is 0.351 e. The molecule has 0 aliphatic heterocycles. The first-order valence-corrected chi connectivity index (χ1v) is 23.6. The highest BCUT2D eigenvalue weighted by Crippen LogP contribution is 2.51. The van der Waals surface area contributed by atoms with E-state index in [1.807, 2.05) is 39.3 Å². The van der Waals surface area contributed by atoms with Gasteiger partial charge in [-0.2, -0.15) is 0 Å². The highest BCUT2D eigenvalue weighted by molar-refractivity contribution is 7.55. The van der Waals surface area contributed by atoms with Crippen molar-refractivity contribution >= 4 is 31.8 Å². The average Bonchev–Trinajstić information content (AvgIpc) is 2.71. The second-order valence-corrected chi connectivity index (χ2v) is 25.0. The molecule has 2 unspecified atom stereocenters. The Kier molecular flexibility index (Phi) is 21.5. The van der Waals surface area contributed by atoms with Gasteiger partial charge in [0.2, 0.25) is 0 Å². The summed E-state index contributed by atoms with van der Waals surface area (Å²) in [5.41, 5.74) is 0. The van der Waals surface area contributed by atoms with Gasteiger partial charge < -0.3 is 17.5 Å². The Bertz CT molecular complexity index is 527. The van der Waals surface area contributed by atoms with Crippen molar-refractivity contribution in [2.24, 2.45) is 0 Å². The molecule has 0 radical (unpaired) electrons. The van der Waals surface area contributed by atoms with Crippen molar-refractivity contribution in [2.75, 3.05) is 26.5 Å². The Morgan fingerprint density at radius 1 is 0.500 bits per heavy atom. The topological polar surface area (TPSA) is 71.1 Å². The fraction of sp³-hybridized carbons (Fsp3) is 1.00. The van der Waals surface area contributed by atoms with Crippen molar-refractivity contribution < 1.29 is 26.6 Å². The monoisotopic (exact) mass is 560 g/mol. The summed E-state index contributed by atoms with van der Waals surface area (Å²) in [5.74, 6) is 0. The molecule has 0 heterocycles. The van der Waals surface area contributed by atoms with Gasteiger partial charge in [0.1, 0.15) is 0 Å². The molecule has 0 saturated heterocycles. The summed E-state index contributed by atoms with van der Waals surface area (Å²) in [6.07, 6.45) is 15.4. The van der Waals surface area contributed by atoms with Crippen molar-refractivity contribution in [3.8, 4) is 0 Å². The lowest BCUT2D eigenvalue weighted by atomic mass is 10.1. The maximum atomic E-state index is 12.3. The van der Waals surface area contributed by atoms with Crippen LogP contribution in [0.1, 0.15) is 90.9 Å². The summed E-state index contributed by atoms with van der Waals surface area (Å²) >= 11 is 0. The normalized spacial score (nSPS) is 15.8. The SMILES string of the molecule is CCCCCCCCP(=O)(OC)O[Si](C)(C)C.CCCCCCCCP(=O)(OC)O[Si](C)(C)C. The fourth-order valence-electron chi connectivity index (χ4n) is 3.35. The van der Waals surface area contributed by atoms with Crippen LogP contribution in [0.15, 0.2) is 0 Å². The first-order chi connectivity index (χ1) is 15.7. The molecule has 0 fully saturated rings. The second kappa shape index (κ2) is 19.8. The predicted molar refractivity (Wildman–Crippen MR) is 155 cm³/mol. The first kappa shape index (κ1) is 36.9. The minimum Gasteiger partial charge on any atom is -0.351 e. The third-order valence-corrected chi connectivity index (χ3v) is 14.4. The van der Waals surface area contributed by atoms with Gasteiger partial charge in [0.25, 0.3) is 0 Å². The molecule has 208 valence electrons. The molecule has 0 aromatic heterocycles. The van der Waals surface area contributed by atoms with Gasteiger partial charge >= 0.3 is 15.2 Å². The van der Waals surface area contributed by atoms with Crippen molar-refractivity contribution in [2.45, 2.75) is 130 Å². The van der Waals surface area contributed by atoms with E-state index in [4.69, 9.17) is 17.5 Å². The van der Waals surface area contributed by atoms with Crippen LogP contribution in [-0.2, 0) is 26.6 Å². The zero-order valence-electron chi connectivity index (χ0n) is 24.2. The summed E-state index contributed by atoms with van der Waals surface area (Å²) in [4.78, 5) is 0. The molecule has 0 aliphatic rings. The maximum absolute atomic E-state index is 12.3. The standard InChI is InChI=1S/2C12H29O3PSi/c2*1-6-7-8-9-10-11-12-16(13,14-2)15-17(3,4)5/h2*6-12H2,1-5H3. The lowest BCUT2D eigenvalue weighted by Crippen LogP contribution is -2.24. The van der Waals surface area contributed by atoms with E-state index in [1.54, 1.807) is 0 Å². The Balaban J connectivity index is 0. The average molecular weight is 561 g/mol. The summed E-state index contributed by atoms with van der Waals surface area (Å²) in [6.45, 7) is 16.7. The maximum Gasteiger partial charge on any atom is 0.320 e. The van der Waals surface area contributed by atoms with Crippen molar-refractivity contribution in [3.63, 3.8) is 0 Å². The van der Waals surface area contributed by atoms with Gasteiger partial charge in [-0.05, 0) is 52.1 Å². The molecule has 0 aliphatic carbocycles. The molecular weight excluding hydrogens is 502 g/mol. The lowest BCUT2D eigenvalue weighted by Gasteiger charge is -2.24. The molecule has 0 rings (SSSR count). The number of hydrogen-bond donors (Lipinski definition) is 0. The van der Waals surface area contributed by atoms with Crippen LogP contribution in [0.5, 0.6) is 0 Å². The van der Waals surface area contributed by atoms with Crippen molar-refractivity contribution in [3.05, 3.63) is 0 Å². The minimum atomic E-state index is -2.82. The van der Waals surface area contributed by atoms with Crippen LogP contribution in [0.4, 0.5) is 0 Å². The number of rotatable bonds is 20. The molecular formula is C24H58O6P2Si2. The van der Waals surface area contributed by atoms with E-state index in [-0.39, 0.29) is 0 Å². The van der Waals surface area contributed by atoms with E-state index in [2.05, 4.69) is 13.8 Å². The van der Waals surface area contributed by atoms with E-state index in [0.29, 0.717) is 12.3 Å². The summed E-state index contributed by atoms with van der Waals surface area (Å²) in [6, 6.07) is 0. The lowest BCUT2D eigenvalue weighted by molar-refractivity contribution is 0.317. The third kappa shape index (κ3) is 24.4. The van der Waals surface area contributed by atoms with Gasteiger partial charge in [-0.15, -0.1) is 0 Å². The molecule has 0 saturated carbocycles. The van der Waals surface area contributed by atoms with Crippen LogP contribution in [0.3, 0.4) is 0 Å². The molecule has 0 amide bonds. The fourth-order valence-corrected chi connectivity index (χ4v) is 12.9. The van der Waals surface area contributed by atoms with Gasteiger partial charge in [-0.25, -0.2) is 0 Å². The summed E-state index contributed by atoms with van der Waals surface area (Å²) in [7, 11) is -6.20. The Morgan fingerprint density at radius 2 is 0.765 bits per heavy atom. The molecule has 0 bridgehead atoms. The molecule has 0 aromatic rings. The summed E-state index contributed by atoms with van der Waals surface area (Å²) < 4.78 is 46.1. The highest BCUT2D eigenvalue weighted by Gasteiger charge is 2.31. The van der Waals surface area contributed by atoms with E-state index in [9.17, 15) is 9.13 Å². The van der Waals surface area contributed by atoms with Gasteiger partial charge in [-0.1, -0.05) is 78.1 Å². The van der Waals surface area contributed by atoms with Crippen LogP contribution < -0.4 is 0 Å². The molecule has 0 spiro atoms. The van der Waals surface area contributed by atoms with Crippen LogP contribution >= 0.6 is 15.2 Å². The highest BCUT2D eigenvalue weighted by atomic mass is 31.2. The van der Waals surface area contributed by atoms with Crippen LogP contribution in [0.25, 0.3) is 0 Å². The Labute approximate surface area is 215 Å². The first-order valence-electron chi connectivity index (χ1n) is 13.4. The van der Waals surface area contributed by atoms with Gasteiger partial charge in [0.05, 0.1) is 0 Å². The minimum absolute atomic E-state index is 0.569. The Morgan fingerprint density at radius 3 is 1.00 bits per heavy atom. The predicted octanol–water partition coefficient (Wildman–Crippen LogP) is 10.1. The third-order valence-electron chi connectivity index (χ3n) is 4.95. The van der Waals surface area contributed by atoms with E-state index < -0.39 is 31.8 Å². The molecule has 2 atom stereocenters. The van der Waals surface area contributed by atoms with E-state index in [1.165, 1.54) is 65.6 Å². The molecule has 10 heteroatoms. The number of hydrogen-bond acceptors (Lipinski definition) is 6. The van der Waals surface area contributed by atoms with Gasteiger partial charge in [0.15, 0.2) is 16.6 Å². The molecule has 6 nitrogen and oxygen atoms in total. The molecule has 0 N–H and O–H groups in total. The van der Waals surface area contributed by atoms with E-state index in [0.717, 1.165) is 25.7 Å². The smallest absolute Gasteiger partial charge is 0.320 e. The zero-order chi connectivity index (χ0) is 26.7. The van der Waals surface area contributed by atoms with E-state index >= 15 is 0 Å². The van der Waals surface area contributed by atoms with Crippen LogP contribution in [-0.4, -0.2) is 43.2 Å². The number of unbranched alkanes of at least 4 members (excludes halogenated alkanes) is 10. The van der Waals surface area contributed by atoms with Crippen molar-refractivity contribution in [1.29, 1.82) is 0 Å². The van der Waals surface area contributed by atoms with Crippen LogP contribution in [0.2, 0.25) is 39.3 Å².